The van der Waals surface area contributed by atoms with Crippen molar-refractivity contribution in [2.45, 2.75) is 45.0 Å². The topological polar surface area (TPSA) is 88.2 Å². The second-order valence-corrected chi connectivity index (χ2v) is 5.37. The van der Waals surface area contributed by atoms with Gasteiger partial charge in [0.25, 0.3) is 0 Å². The third kappa shape index (κ3) is 4.66. The summed E-state index contributed by atoms with van der Waals surface area (Å²) in [4.78, 5) is 10.5. The Morgan fingerprint density at radius 1 is 1.44 bits per heavy atom. The molecule has 6 nitrogen and oxygen atoms in total. The van der Waals surface area contributed by atoms with Gasteiger partial charge < -0.3 is 14.8 Å². The summed E-state index contributed by atoms with van der Waals surface area (Å²) in [6.07, 6.45) is 2.04. The molecule has 0 fully saturated rings. The first-order valence-corrected chi connectivity index (χ1v) is 6.90. The first-order chi connectivity index (χ1) is 8.54. The van der Waals surface area contributed by atoms with Crippen LogP contribution < -0.4 is 0 Å². The number of hydrogen-bond donors (Lipinski definition) is 2. The molecule has 0 aromatic carbocycles. The molecule has 7 heteroatoms. The summed E-state index contributed by atoms with van der Waals surface area (Å²) in [5, 5.41) is 26.1. The van der Waals surface area contributed by atoms with Gasteiger partial charge in [-0.15, -0.1) is 10.2 Å². The van der Waals surface area contributed by atoms with E-state index in [4.69, 9.17) is 10.2 Å². The lowest BCUT2D eigenvalue weighted by Crippen LogP contribution is -2.08. The zero-order chi connectivity index (χ0) is 13.5. The van der Waals surface area contributed by atoms with Crippen molar-refractivity contribution in [1.82, 2.24) is 14.8 Å². The number of aliphatic hydroxyl groups excluding tert-OH is 1. The third-order valence-corrected chi connectivity index (χ3v) is 3.37. The number of carboxylic acids is 1. The zero-order valence-corrected chi connectivity index (χ0v) is 11.5. The minimum atomic E-state index is -0.887. The van der Waals surface area contributed by atoms with Gasteiger partial charge in [-0.2, -0.15) is 0 Å². The number of aliphatic hydroxyl groups is 1. The number of rotatable bonds is 8. The lowest BCUT2D eigenvalue weighted by Gasteiger charge is -2.09. The van der Waals surface area contributed by atoms with Crippen molar-refractivity contribution in [2.24, 2.45) is 5.92 Å². The van der Waals surface area contributed by atoms with E-state index in [1.54, 1.807) is 4.57 Å². The van der Waals surface area contributed by atoms with Crippen molar-refractivity contribution in [3.63, 3.8) is 0 Å². The Balaban J connectivity index is 2.65. The fourth-order valence-electron chi connectivity index (χ4n) is 1.55. The number of thioether (sulfide) groups is 1. The van der Waals surface area contributed by atoms with Gasteiger partial charge in [-0.3, -0.25) is 4.79 Å². The number of carbonyl (C=O) groups is 1. The Hall–Kier alpha value is -1.08. The summed E-state index contributed by atoms with van der Waals surface area (Å²) in [5.74, 6) is 0.177. The molecule has 0 atom stereocenters. The van der Waals surface area contributed by atoms with E-state index in [1.165, 1.54) is 0 Å². The van der Waals surface area contributed by atoms with Gasteiger partial charge in [0, 0.05) is 6.54 Å². The largest absolute Gasteiger partial charge is 0.481 e. The maximum absolute atomic E-state index is 10.5. The van der Waals surface area contributed by atoms with Gasteiger partial charge in [0.05, 0.1) is 5.75 Å². The van der Waals surface area contributed by atoms with Crippen LogP contribution in [-0.4, -0.2) is 36.7 Å². The van der Waals surface area contributed by atoms with Crippen molar-refractivity contribution in [2.75, 3.05) is 5.75 Å². The summed E-state index contributed by atoms with van der Waals surface area (Å²) in [7, 11) is 0. The Kier molecular flexibility index (Phi) is 6.14. The SMILES string of the molecule is CC(C)CCCn1c(CO)nnc1SCC(=O)O. The third-order valence-electron chi connectivity index (χ3n) is 2.42. The maximum atomic E-state index is 10.5. The van der Waals surface area contributed by atoms with E-state index in [9.17, 15) is 4.79 Å². The average molecular weight is 273 g/mol. The molecule has 2 N–H and O–H groups in total. The second-order valence-electron chi connectivity index (χ2n) is 4.43. The van der Waals surface area contributed by atoms with Gasteiger partial charge in [0.2, 0.25) is 0 Å². The van der Waals surface area contributed by atoms with Crippen LogP contribution in [0.3, 0.4) is 0 Å². The lowest BCUT2D eigenvalue weighted by atomic mass is 10.1. The molecule has 0 aliphatic rings. The quantitative estimate of drug-likeness (QED) is 0.696. The van der Waals surface area contributed by atoms with Gasteiger partial charge in [0.15, 0.2) is 11.0 Å². The van der Waals surface area contributed by atoms with Crippen LogP contribution in [0.15, 0.2) is 5.16 Å². The highest BCUT2D eigenvalue weighted by molar-refractivity contribution is 7.99. The first-order valence-electron chi connectivity index (χ1n) is 5.92. The summed E-state index contributed by atoms with van der Waals surface area (Å²) in [5.41, 5.74) is 0. The van der Waals surface area contributed by atoms with Crippen LogP contribution in [0.1, 0.15) is 32.5 Å². The number of hydrogen-bond acceptors (Lipinski definition) is 5. The van der Waals surface area contributed by atoms with Crippen LogP contribution in [0.4, 0.5) is 0 Å². The minimum Gasteiger partial charge on any atom is -0.481 e. The number of aromatic nitrogens is 3. The van der Waals surface area contributed by atoms with Gasteiger partial charge in [0.1, 0.15) is 6.61 Å². The minimum absolute atomic E-state index is 0.0479. The van der Waals surface area contributed by atoms with E-state index in [-0.39, 0.29) is 12.4 Å². The Bertz CT molecular complexity index is 393. The Morgan fingerprint density at radius 3 is 2.72 bits per heavy atom. The molecular formula is C11H19N3O3S. The maximum Gasteiger partial charge on any atom is 0.313 e. The zero-order valence-electron chi connectivity index (χ0n) is 10.7. The smallest absolute Gasteiger partial charge is 0.313 e. The van der Waals surface area contributed by atoms with Crippen molar-refractivity contribution in [3.8, 4) is 0 Å². The molecule has 0 spiro atoms. The first kappa shape index (κ1) is 15.0. The highest BCUT2D eigenvalue weighted by Gasteiger charge is 2.13. The van der Waals surface area contributed by atoms with E-state index in [2.05, 4.69) is 24.0 Å². The van der Waals surface area contributed by atoms with Gasteiger partial charge in [-0.1, -0.05) is 25.6 Å². The van der Waals surface area contributed by atoms with Gasteiger partial charge in [-0.25, -0.2) is 0 Å². The van der Waals surface area contributed by atoms with E-state index in [1.807, 2.05) is 0 Å². The van der Waals surface area contributed by atoms with Gasteiger partial charge >= 0.3 is 5.97 Å². The summed E-state index contributed by atoms with van der Waals surface area (Å²) in [6, 6.07) is 0. The fraction of sp³-hybridized carbons (Fsp3) is 0.727. The molecule has 0 saturated heterocycles. The van der Waals surface area contributed by atoms with Crippen molar-refractivity contribution >= 4 is 17.7 Å². The fourth-order valence-corrected chi connectivity index (χ4v) is 2.25. The molecule has 1 heterocycles. The highest BCUT2D eigenvalue weighted by atomic mass is 32.2. The van der Waals surface area contributed by atoms with Crippen LogP contribution in [0.2, 0.25) is 0 Å². The van der Waals surface area contributed by atoms with E-state index in [0.29, 0.717) is 23.4 Å². The predicted molar refractivity (Wildman–Crippen MR) is 68.4 cm³/mol. The molecule has 0 bridgehead atoms. The van der Waals surface area contributed by atoms with Crippen molar-refractivity contribution < 1.29 is 15.0 Å². The molecule has 1 rings (SSSR count). The van der Waals surface area contributed by atoms with E-state index in [0.717, 1.165) is 24.6 Å². The molecular weight excluding hydrogens is 254 g/mol. The van der Waals surface area contributed by atoms with Gasteiger partial charge in [-0.05, 0) is 18.8 Å². The Morgan fingerprint density at radius 2 is 2.17 bits per heavy atom. The van der Waals surface area contributed by atoms with Crippen LogP contribution in [-0.2, 0) is 17.9 Å². The van der Waals surface area contributed by atoms with Crippen molar-refractivity contribution in [1.29, 1.82) is 0 Å². The van der Waals surface area contributed by atoms with E-state index < -0.39 is 5.97 Å². The molecule has 1 aromatic rings. The molecule has 18 heavy (non-hydrogen) atoms. The van der Waals surface area contributed by atoms with Crippen LogP contribution in [0, 0.1) is 5.92 Å². The molecule has 0 radical (unpaired) electrons. The standard InChI is InChI=1S/C11H19N3O3S/c1-8(2)4-3-5-14-9(6-15)12-13-11(14)18-7-10(16)17/h8,15H,3-7H2,1-2H3,(H,16,17). The number of aliphatic carboxylic acids is 1. The second kappa shape index (κ2) is 7.38. The normalized spacial score (nSPS) is 11.1. The lowest BCUT2D eigenvalue weighted by molar-refractivity contribution is -0.133. The van der Waals surface area contributed by atoms with Crippen LogP contribution in [0.5, 0.6) is 0 Å². The van der Waals surface area contributed by atoms with Crippen LogP contribution >= 0.6 is 11.8 Å². The van der Waals surface area contributed by atoms with Crippen LogP contribution in [0.25, 0.3) is 0 Å². The number of carboxylic acid groups (broad SMARTS) is 1. The summed E-state index contributed by atoms with van der Waals surface area (Å²) in [6.45, 7) is 4.84. The summed E-state index contributed by atoms with van der Waals surface area (Å²) < 4.78 is 1.80. The molecule has 0 amide bonds. The number of nitrogens with zero attached hydrogens (tertiary/aromatic N) is 3. The Labute approximate surface area is 110 Å². The molecule has 0 aliphatic heterocycles. The molecule has 0 saturated carbocycles. The van der Waals surface area contributed by atoms with Crippen molar-refractivity contribution in [3.05, 3.63) is 5.82 Å². The predicted octanol–water partition coefficient (Wildman–Crippen LogP) is 1.38. The molecule has 102 valence electrons. The monoisotopic (exact) mass is 273 g/mol. The highest BCUT2D eigenvalue weighted by Crippen LogP contribution is 2.18. The van der Waals surface area contributed by atoms with E-state index >= 15 is 0 Å². The molecule has 0 unspecified atom stereocenters. The summed E-state index contributed by atoms with van der Waals surface area (Å²) >= 11 is 1.13. The molecule has 0 aliphatic carbocycles. The molecule has 1 aromatic heterocycles. The average Bonchev–Trinajstić information content (AvgIpc) is 2.68.